The molecule has 0 saturated carbocycles. The molecular formula is C31H36F2N6O3S. The van der Waals surface area contributed by atoms with E-state index in [2.05, 4.69) is 27.0 Å². The molecule has 2 atom stereocenters. The molecule has 1 aliphatic rings. The first-order chi connectivity index (χ1) is 20.6. The first-order valence-corrected chi connectivity index (χ1v) is 15.5. The Bertz CT molecular complexity index is 1680. The fourth-order valence-electron chi connectivity index (χ4n) is 5.66. The standard InChI is InChI=1S/C31H36F2N6O3S/c1-5-6-10-37-12-13-38(43(42)26-14-19(2)17-34-30(26)37)18-23-15-22(8-7-20(23)3)25(16-27(40)41)24-9-11-39-29(21(24)4)35-36-31(39)28(32)33/h7-9,11,14-15,17,25,28H,5-6,10,12-13,16,18H2,1-4H3,(H,40,41). The van der Waals surface area contributed by atoms with Gasteiger partial charge in [-0.15, -0.1) is 10.2 Å². The third kappa shape index (κ3) is 6.30. The number of benzene rings is 1. The number of carboxylic acids is 1. The van der Waals surface area contributed by atoms with Crippen molar-refractivity contribution in [2.24, 2.45) is 0 Å². The van der Waals surface area contributed by atoms with Gasteiger partial charge in [-0.2, -0.15) is 0 Å². The molecule has 5 rings (SSSR count). The van der Waals surface area contributed by atoms with Crippen molar-refractivity contribution >= 4 is 28.4 Å². The van der Waals surface area contributed by atoms with E-state index in [0.717, 1.165) is 47.5 Å². The molecule has 228 valence electrons. The lowest BCUT2D eigenvalue weighted by atomic mass is 9.85. The summed E-state index contributed by atoms with van der Waals surface area (Å²) in [6.45, 7) is 10.3. The number of pyridine rings is 2. The highest BCUT2D eigenvalue weighted by molar-refractivity contribution is 7.82. The van der Waals surface area contributed by atoms with Crippen LogP contribution in [0.4, 0.5) is 14.6 Å². The number of carbonyl (C=O) groups is 1. The van der Waals surface area contributed by atoms with Crippen LogP contribution < -0.4 is 4.90 Å². The van der Waals surface area contributed by atoms with Crippen molar-refractivity contribution in [2.75, 3.05) is 24.5 Å². The van der Waals surface area contributed by atoms with Crippen molar-refractivity contribution < 1.29 is 22.9 Å². The Morgan fingerprint density at radius 1 is 1.12 bits per heavy atom. The van der Waals surface area contributed by atoms with Gasteiger partial charge in [-0.05, 0) is 72.7 Å². The summed E-state index contributed by atoms with van der Waals surface area (Å²) < 4.78 is 44.0. The van der Waals surface area contributed by atoms with Crippen LogP contribution in [0.25, 0.3) is 5.65 Å². The normalized spacial score (nSPS) is 16.4. The molecule has 3 aromatic heterocycles. The molecule has 4 aromatic rings. The highest BCUT2D eigenvalue weighted by atomic mass is 32.2. The Morgan fingerprint density at radius 2 is 1.91 bits per heavy atom. The molecule has 9 nitrogen and oxygen atoms in total. The van der Waals surface area contributed by atoms with Crippen LogP contribution in [0.15, 0.2) is 47.6 Å². The van der Waals surface area contributed by atoms with Gasteiger partial charge in [0.2, 0.25) is 5.82 Å². The lowest BCUT2D eigenvalue weighted by Gasteiger charge is -2.24. The van der Waals surface area contributed by atoms with Crippen molar-refractivity contribution in [3.05, 3.63) is 81.9 Å². The number of alkyl halides is 2. The van der Waals surface area contributed by atoms with Crippen molar-refractivity contribution in [3.63, 3.8) is 0 Å². The van der Waals surface area contributed by atoms with E-state index in [1.165, 1.54) is 10.6 Å². The molecular weight excluding hydrogens is 574 g/mol. The van der Waals surface area contributed by atoms with Crippen molar-refractivity contribution in [2.45, 2.75) is 70.7 Å². The molecule has 0 spiro atoms. The molecule has 0 aliphatic carbocycles. The van der Waals surface area contributed by atoms with E-state index in [-0.39, 0.29) is 12.1 Å². The number of carboxylic acid groups (broad SMARTS) is 1. The molecule has 0 amide bonds. The predicted molar refractivity (Wildman–Crippen MR) is 161 cm³/mol. The average Bonchev–Trinajstić information content (AvgIpc) is 3.37. The number of halogens is 2. The maximum Gasteiger partial charge on any atom is 0.304 e. The second-order valence-corrected chi connectivity index (χ2v) is 12.5. The summed E-state index contributed by atoms with van der Waals surface area (Å²) in [4.78, 5) is 19.6. The number of hydrogen-bond donors (Lipinski definition) is 1. The third-order valence-electron chi connectivity index (χ3n) is 8.06. The number of aromatic nitrogens is 4. The maximum absolute atomic E-state index is 14.0. The van der Waals surface area contributed by atoms with Crippen LogP contribution in [0, 0.1) is 20.8 Å². The van der Waals surface area contributed by atoms with Crippen LogP contribution in [-0.2, 0) is 22.3 Å². The van der Waals surface area contributed by atoms with Crippen LogP contribution in [0.1, 0.15) is 77.7 Å². The van der Waals surface area contributed by atoms with Gasteiger partial charge in [0.25, 0.3) is 6.43 Å². The van der Waals surface area contributed by atoms with Gasteiger partial charge in [0.05, 0.1) is 11.3 Å². The molecule has 0 bridgehead atoms. The predicted octanol–water partition coefficient (Wildman–Crippen LogP) is 5.74. The van der Waals surface area contributed by atoms with E-state index in [1.807, 2.05) is 48.6 Å². The van der Waals surface area contributed by atoms with Gasteiger partial charge < -0.3 is 10.0 Å². The van der Waals surface area contributed by atoms with Crippen LogP contribution in [0.2, 0.25) is 0 Å². The smallest absolute Gasteiger partial charge is 0.304 e. The topological polar surface area (TPSA) is 104 Å². The number of aliphatic carboxylic acids is 1. The van der Waals surface area contributed by atoms with Crippen molar-refractivity contribution in [1.82, 2.24) is 23.9 Å². The van der Waals surface area contributed by atoms with Gasteiger partial charge in [0.15, 0.2) is 5.65 Å². The van der Waals surface area contributed by atoms with Gasteiger partial charge in [-0.1, -0.05) is 31.5 Å². The Labute approximate surface area is 252 Å². The van der Waals surface area contributed by atoms with Gasteiger partial charge in [0, 0.05) is 44.5 Å². The first kappa shape index (κ1) is 30.7. The highest BCUT2D eigenvalue weighted by Gasteiger charge is 2.29. The van der Waals surface area contributed by atoms with E-state index in [4.69, 9.17) is 0 Å². The zero-order valence-electron chi connectivity index (χ0n) is 24.8. The number of rotatable bonds is 10. The largest absolute Gasteiger partial charge is 0.481 e. The van der Waals surface area contributed by atoms with Crippen molar-refractivity contribution in [3.8, 4) is 0 Å². The zero-order valence-corrected chi connectivity index (χ0v) is 25.6. The van der Waals surface area contributed by atoms with Gasteiger partial charge in [-0.3, -0.25) is 9.20 Å². The summed E-state index contributed by atoms with van der Waals surface area (Å²) in [5.74, 6) is -1.23. The van der Waals surface area contributed by atoms with Gasteiger partial charge >= 0.3 is 5.97 Å². The monoisotopic (exact) mass is 610 g/mol. The SMILES string of the molecule is CCCCN1CCN(Cc2cc(C(CC(=O)O)c3ccn4c(C(F)F)nnc4c3C)ccc2C)S(=O)c2cc(C)cnc21. The quantitative estimate of drug-likeness (QED) is 0.244. The van der Waals surface area contributed by atoms with Crippen molar-refractivity contribution in [1.29, 1.82) is 0 Å². The Hall–Kier alpha value is -3.77. The van der Waals surface area contributed by atoms with Crippen LogP contribution in [0.5, 0.6) is 0 Å². The second kappa shape index (κ2) is 12.8. The molecule has 4 heterocycles. The average molecular weight is 611 g/mol. The minimum absolute atomic E-state index is 0.199. The van der Waals surface area contributed by atoms with E-state index >= 15 is 0 Å². The summed E-state index contributed by atoms with van der Waals surface area (Å²) in [5.41, 5.74) is 5.19. The fraction of sp³-hybridized carbons (Fsp3) is 0.419. The van der Waals surface area contributed by atoms with Gasteiger partial charge in [0.1, 0.15) is 16.8 Å². The third-order valence-corrected chi connectivity index (χ3v) is 9.52. The maximum atomic E-state index is 14.0. The molecule has 0 saturated heterocycles. The van der Waals surface area contributed by atoms with Crippen LogP contribution in [0.3, 0.4) is 0 Å². The van der Waals surface area contributed by atoms with E-state index in [1.54, 1.807) is 13.0 Å². The Morgan fingerprint density at radius 3 is 2.63 bits per heavy atom. The summed E-state index contributed by atoms with van der Waals surface area (Å²) in [5, 5.41) is 17.5. The minimum atomic E-state index is -2.79. The van der Waals surface area contributed by atoms with E-state index in [9.17, 15) is 22.9 Å². The molecule has 2 unspecified atom stereocenters. The summed E-state index contributed by atoms with van der Waals surface area (Å²) in [6.07, 6.45) is 2.36. The van der Waals surface area contributed by atoms with Crippen LogP contribution in [-0.4, -0.2) is 58.8 Å². The number of hydrogen-bond acceptors (Lipinski definition) is 6. The van der Waals surface area contributed by atoms with E-state index < -0.39 is 35.1 Å². The molecule has 1 aromatic carbocycles. The first-order valence-electron chi connectivity index (χ1n) is 14.4. The summed E-state index contributed by atoms with van der Waals surface area (Å²) in [6, 6.07) is 9.45. The number of unbranched alkanes of at least 4 members (excludes halogenated alkanes) is 1. The Balaban J connectivity index is 1.50. The minimum Gasteiger partial charge on any atom is -0.481 e. The second-order valence-electron chi connectivity index (χ2n) is 11.1. The van der Waals surface area contributed by atoms with Crippen LogP contribution >= 0.6 is 0 Å². The fourth-order valence-corrected chi connectivity index (χ4v) is 7.06. The molecule has 12 heteroatoms. The molecule has 0 radical (unpaired) electrons. The highest BCUT2D eigenvalue weighted by Crippen LogP contribution is 2.35. The molecule has 0 fully saturated rings. The number of nitrogens with zero attached hydrogens (tertiary/aromatic N) is 6. The number of anilines is 1. The summed E-state index contributed by atoms with van der Waals surface area (Å²) >= 11 is 0. The molecule has 43 heavy (non-hydrogen) atoms. The Kier molecular flexibility index (Phi) is 9.16. The lowest BCUT2D eigenvalue weighted by Crippen LogP contribution is -2.33. The molecule has 1 N–H and O–H groups in total. The molecule has 1 aliphatic heterocycles. The van der Waals surface area contributed by atoms with E-state index in [0.29, 0.717) is 35.7 Å². The number of aryl methyl sites for hydroxylation is 3. The summed E-state index contributed by atoms with van der Waals surface area (Å²) in [7, 11) is -1.44. The number of fused-ring (bicyclic) bond motifs is 2. The zero-order chi connectivity index (χ0) is 30.8. The van der Waals surface area contributed by atoms with Gasteiger partial charge in [-0.25, -0.2) is 22.3 Å². The lowest BCUT2D eigenvalue weighted by molar-refractivity contribution is -0.137.